The predicted octanol–water partition coefficient (Wildman–Crippen LogP) is 2.68. The first-order chi connectivity index (χ1) is 8.25. The van der Waals surface area contributed by atoms with Crippen molar-refractivity contribution in [1.29, 1.82) is 0 Å². The Morgan fingerprint density at radius 2 is 2.06 bits per heavy atom. The molecular formula is C13H16N2O2. The lowest BCUT2D eigenvalue weighted by Crippen LogP contribution is -2.27. The highest BCUT2D eigenvalue weighted by Gasteiger charge is 2.06. The van der Waals surface area contributed by atoms with Crippen molar-refractivity contribution in [2.24, 2.45) is 0 Å². The van der Waals surface area contributed by atoms with E-state index in [1.165, 1.54) is 0 Å². The summed E-state index contributed by atoms with van der Waals surface area (Å²) in [5, 5.41) is 6.99. The van der Waals surface area contributed by atoms with Crippen molar-refractivity contribution in [2.45, 2.75) is 19.9 Å². The molecule has 0 amide bonds. The van der Waals surface area contributed by atoms with Gasteiger partial charge in [0.05, 0.1) is 0 Å². The Balaban J connectivity index is 1.97. The predicted molar refractivity (Wildman–Crippen MR) is 65.7 cm³/mol. The lowest BCUT2D eigenvalue weighted by molar-refractivity contribution is 0.245. The van der Waals surface area contributed by atoms with Crippen LogP contribution in [0.4, 0.5) is 0 Å². The summed E-state index contributed by atoms with van der Waals surface area (Å²) in [5.74, 6) is 1.21. The van der Waals surface area contributed by atoms with Crippen LogP contribution in [0.1, 0.15) is 13.8 Å². The molecule has 4 nitrogen and oxygen atoms in total. The molecule has 0 fully saturated rings. The Hall–Kier alpha value is -1.81. The second kappa shape index (κ2) is 5.50. The quantitative estimate of drug-likeness (QED) is 0.805. The summed E-state index contributed by atoms with van der Waals surface area (Å²) in [7, 11) is 0. The molecule has 0 saturated heterocycles. The first-order valence-corrected chi connectivity index (χ1v) is 5.64. The highest BCUT2D eigenvalue weighted by molar-refractivity contribution is 5.57. The molecule has 0 aliphatic rings. The number of hydrogen-bond donors (Lipinski definition) is 1. The summed E-state index contributed by atoms with van der Waals surface area (Å²) in [6.45, 7) is 4.54. The zero-order valence-corrected chi connectivity index (χ0v) is 10.0. The van der Waals surface area contributed by atoms with Gasteiger partial charge in [-0.2, -0.15) is 0 Å². The van der Waals surface area contributed by atoms with Gasteiger partial charge >= 0.3 is 0 Å². The van der Waals surface area contributed by atoms with E-state index in [2.05, 4.69) is 24.3 Å². The molecule has 4 heteroatoms. The Bertz CT molecular complexity index is 451. The molecule has 0 unspecified atom stereocenters. The first kappa shape index (κ1) is 11.7. The summed E-state index contributed by atoms with van der Waals surface area (Å²) in [6.07, 6.45) is 0. The molecule has 0 bridgehead atoms. The van der Waals surface area contributed by atoms with Crippen LogP contribution in [-0.2, 0) is 0 Å². The molecule has 2 aromatic rings. The molecule has 0 spiro atoms. The third-order valence-corrected chi connectivity index (χ3v) is 2.26. The van der Waals surface area contributed by atoms with Gasteiger partial charge in [0.25, 0.3) is 5.88 Å². The van der Waals surface area contributed by atoms with Gasteiger partial charge < -0.3 is 9.26 Å². The van der Waals surface area contributed by atoms with E-state index in [-0.39, 0.29) is 0 Å². The van der Waals surface area contributed by atoms with Crippen LogP contribution in [0.3, 0.4) is 0 Å². The van der Waals surface area contributed by atoms with Crippen LogP contribution in [0, 0.1) is 0 Å². The maximum atomic E-state index is 5.40. The molecule has 1 aromatic carbocycles. The summed E-state index contributed by atoms with van der Waals surface area (Å²) >= 11 is 0. The van der Waals surface area contributed by atoms with E-state index in [0.717, 1.165) is 5.56 Å². The van der Waals surface area contributed by atoms with Gasteiger partial charge in [0.15, 0.2) is 5.76 Å². The third kappa shape index (κ3) is 3.32. The van der Waals surface area contributed by atoms with E-state index in [0.29, 0.717) is 24.4 Å². The van der Waals surface area contributed by atoms with Crippen LogP contribution < -0.4 is 10.1 Å². The normalized spacial score (nSPS) is 10.8. The van der Waals surface area contributed by atoms with E-state index in [1.54, 1.807) is 6.07 Å². The highest BCUT2D eigenvalue weighted by Crippen LogP contribution is 2.22. The Labute approximate surface area is 101 Å². The Morgan fingerprint density at radius 3 is 2.76 bits per heavy atom. The first-order valence-electron chi connectivity index (χ1n) is 5.64. The summed E-state index contributed by atoms with van der Waals surface area (Å²) in [5.41, 5.74) is 0.992. The van der Waals surface area contributed by atoms with Gasteiger partial charge in [-0.1, -0.05) is 30.3 Å². The minimum atomic E-state index is 0.385. The fourth-order valence-electron chi connectivity index (χ4n) is 1.35. The van der Waals surface area contributed by atoms with E-state index in [9.17, 15) is 0 Å². The lowest BCUT2D eigenvalue weighted by Gasteiger charge is -2.06. The standard InChI is InChI=1S/C13H16N2O2/c1-10(2)14-9-16-13-8-12(17-15-13)11-6-4-3-5-7-11/h3-8,10,14H,9H2,1-2H3. The second-order valence-corrected chi connectivity index (χ2v) is 4.04. The Morgan fingerprint density at radius 1 is 1.29 bits per heavy atom. The van der Waals surface area contributed by atoms with Crippen molar-refractivity contribution in [3.8, 4) is 17.2 Å². The Kier molecular flexibility index (Phi) is 3.77. The molecule has 0 saturated carbocycles. The average molecular weight is 232 g/mol. The number of ether oxygens (including phenoxy) is 1. The second-order valence-electron chi connectivity index (χ2n) is 4.04. The number of nitrogens with zero attached hydrogens (tertiary/aromatic N) is 1. The van der Waals surface area contributed by atoms with E-state index in [1.807, 2.05) is 30.3 Å². The van der Waals surface area contributed by atoms with Gasteiger partial charge in [-0.25, -0.2) is 0 Å². The van der Waals surface area contributed by atoms with Crippen LogP contribution in [0.15, 0.2) is 40.9 Å². The molecule has 0 aliphatic heterocycles. The minimum Gasteiger partial charge on any atom is -0.460 e. The molecule has 2 rings (SSSR count). The van der Waals surface area contributed by atoms with Gasteiger partial charge in [0.1, 0.15) is 6.73 Å². The van der Waals surface area contributed by atoms with E-state index in [4.69, 9.17) is 9.26 Å². The van der Waals surface area contributed by atoms with Crippen LogP contribution in [0.5, 0.6) is 5.88 Å². The topological polar surface area (TPSA) is 47.3 Å². The highest BCUT2D eigenvalue weighted by atomic mass is 16.5. The fourth-order valence-corrected chi connectivity index (χ4v) is 1.35. The zero-order valence-electron chi connectivity index (χ0n) is 10.0. The molecule has 0 radical (unpaired) electrons. The minimum absolute atomic E-state index is 0.385. The molecular weight excluding hydrogens is 216 g/mol. The SMILES string of the molecule is CC(C)NCOc1cc(-c2ccccc2)on1. The molecule has 17 heavy (non-hydrogen) atoms. The molecule has 1 heterocycles. The van der Waals surface area contributed by atoms with Gasteiger partial charge in [-0.15, -0.1) is 0 Å². The molecule has 90 valence electrons. The molecule has 0 aliphatic carbocycles. The van der Waals surface area contributed by atoms with Crippen molar-refractivity contribution in [3.05, 3.63) is 36.4 Å². The lowest BCUT2D eigenvalue weighted by atomic mass is 10.2. The number of benzene rings is 1. The molecule has 1 N–H and O–H groups in total. The maximum Gasteiger partial charge on any atom is 0.256 e. The van der Waals surface area contributed by atoms with Crippen molar-refractivity contribution < 1.29 is 9.26 Å². The van der Waals surface area contributed by atoms with E-state index >= 15 is 0 Å². The van der Waals surface area contributed by atoms with Crippen LogP contribution in [0.25, 0.3) is 11.3 Å². The summed E-state index contributed by atoms with van der Waals surface area (Å²) < 4.78 is 10.6. The van der Waals surface area contributed by atoms with Crippen molar-refractivity contribution in [2.75, 3.05) is 6.73 Å². The van der Waals surface area contributed by atoms with Gasteiger partial charge in [0.2, 0.25) is 0 Å². The maximum absolute atomic E-state index is 5.40. The number of rotatable bonds is 5. The van der Waals surface area contributed by atoms with Gasteiger partial charge in [-0.3, -0.25) is 5.32 Å². The van der Waals surface area contributed by atoms with Crippen molar-refractivity contribution >= 4 is 0 Å². The number of nitrogens with one attached hydrogen (secondary N) is 1. The van der Waals surface area contributed by atoms with Gasteiger partial charge in [0, 0.05) is 17.7 Å². The number of hydrogen-bond acceptors (Lipinski definition) is 4. The van der Waals surface area contributed by atoms with Gasteiger partial charge in [-0.05, 0) is 19.0 Å². The van der Waals surface area contributed by atoms with Crippen LogP contribution in [-0.4, -0.2) is 17.9 Å². The largest absolute Gasteiger partial charge is 0.460 e. The average Bonchev–Trinajstić information content (AvgIpc) is 2.78. The number of aromatic nitrogens is 1. The third-order valence-electron chi connectivity index (χ3n) is 2.26. The zero-order chi connectivity index (χ0) is 12.1. The molecule has 1 aromatic heterocycles. The van der Waals surface area contributed by atoms with Crippen LogP contribution >= 0.6 is 0 Å². The van der Waals surface area contributed by atoms with E-state index < -0.39 is 0 Å². The summed E-state index contributed by atoms with van der Waals surface area (Å²) in [4.78, 5) is 0. The van der Waals surface area contributed by atoms with Crippen molar-refractivity contribution in [3.63, 3.8) is 0 Å². The van der Waals surface area contributed by atoms with Crippen LogP contribution in [0.2, 0.25) is 0 Å². The molecule has 0 atom stereocenters. The monoisotopic (exact) mass is 232 g/mol. The fraction of sp³-hybridized carbons (Fsp3) is 0.308. The van der Waals surface area contributed by atoms with Crippen molar-refractivity contribution in [1.82, 2.24) is 10.5 Å². The summed E-state index contributed by atoms with van der Waals surface area (Å²) in [6, 6.07) is 12.0. The smallest absolute Gasteiger partial charge is 0.256 e.